The Balaban J connectivity index is 1.94. The number of hydrogen-bond acceptors (Lipinski definition) is 2. The minimum absolute atomic E-state index is 0.206. The SMILES string of the molecule is CCc1ccc(/C=N\NC(=O)c2ccccc2)cc1. The number of carbonyl (C=O) groups is 1. The minimum atomic E-state index is -0.206. The Labute approximate surface area is 113 Å². The summed E-state index contributed by atoms with van der Waals surface area (Å²) in [6, 6.07) is 17.1. The summed E-state index contributed by atoms with van der Waals surface area (Å²) in [5.41, 5.74) is 5.35. The van der Waals surface area contributed by atoms with Crippen molar-refractivity contribution in [3.63, 3.8) is 0 Å². The standard InChI is InChI=1S/C16H16N2O/c1-2-13-8-10-14(11-9-13)12-17-18-16(19)15-6-4-3-5-7-15/h3-12H,2H2,1H3,(H,18,19)/b17-12-. The van der Waals surface area contributed by atoms with Crippen LogP contribution in [0, 0.1) is 0 Å². The molecule has 96 valence electrons. The molecule has 0 saturated carbocycles. The van der Waals surface area contributed by atoms with Crippen LogP contribution in [0.1, 0.15) is 28.4 Å². The molecular formula is C16H16N2O. The van der Waals surface area contributed by atoms with Crippen molar-refractivity contribution in [3.8, 4) is 0 Å². The van der Waals surface area contributed by atoms with Crippen molar-refractivity contribution in [3.05, 3.63) is 71.3 Å². The maximum atomic E-state index is 11.7. The van der Waals surface area contributed by atoms with Crippen LogP contribution in [-0.4, -0.2) is 12.1 Å². The van der Waals surface area contributed by atoms with Gasteiger partial charge in [0.1, 0.15) is 0 Å². The number of nitrogens with zero attached hydrogens (tertiary/aromatic N) is 1. The number of hydrazone groups is 1. The molecule has 0 aliphatic heterocycles. The zero-order chi connectivity index (χ0) is 13.5. The monoisotopic (exact) mass is 252 g/mol. The summed E-state index contributed by atoms with van der Waals surface area (Å²) in [7, 11) is 0. The summed E-state index contributed by atoms with van der Waals surface area (Å²) in [6.07, 6.45) is 2.66. The van der Waals surface area contributed by atoms with E-state index in [4.69, 9.17) is 0 Å². The normalized spacial score (nSPS) is 10.6. The molecule has 0 heterocycles. The van der Waals surface area contributed by atoms with Crippen LogP contribution < -0.4 is 5.43 Å². The number of amides is 1. The molecule has 1 amide bonds. The van der Waals surface area contributed by atoms with Gasteiger partial charge in [-0.2, -0.15) is 5.10 Å². The Hall–Kier alpha value is -2.42. The van der Waals surface area contributed by atoms with E-state index < -0.39 is 0 Å². The van der Waals surface area contributed by atoms with Gasteiger partial charge in [-0.1, -0.05) is 49.4 Å². The molecule has 0 fully saturated rings. The maximum Gasteiger partial charge on any atom is 0.271 e. The molecule has 3 heteroatoms. The Morgan fingerprint density at radius 3 is 2.42 bits per heavy atom. The molecule has 0 aliphatic rings. The number of carbonyl (C=O) groups excluding carboxylic acids is 1. The Bertz CT molecular complexity index is 559. The van der Waals surface area contributed by atoms with E-state index in [1.54, 1.807) is 18.3 Å². The molecule has 0 aliphatic carbocycles. The van der Waals surface area contributed by atoms with Gasteiger partial charge in [0.15, 0.2) is 0 Å². The zero-order valence-electron chi connectivity index (χ0n) is 10.8. The van der Waals surface area contributed by atoms with Crippen LogP contribution in [0.3, 0.4) is 0 Å². The van der Waals surface area contributed by atoms with E-state index >= 15 is 0 Å². The number of rotatable bonds is 4. The first-order valence-electron chi connectivity index (χ1n) is 6.27. The van der Waals surface area contributed by atoms with Gasteiger partial charge in [-0.25, -0.2) is 5.43 Å². The lowest BCUT2D eigenvalue weighted by Gasteiger charge is -1.99. The lowest BCUT2D eigenvalue weighted by atomic mass is 10.1. The Morgan fingerprint density at radius 2 is 1.79 bits per heavy atom. The van der Waals surface area contributed by atoms with Crippen LogP contribution in [0.2, 0.25) is 0 Å². The second kappa shape index (κ2) is 6.50. The lowest BCUT2D eigenvalue weighted by molar-refractivity contribution is 0.0955. The highest BCUT2D eigenvalue weighted by molar-refractivity contribution is 5.94. The third kappa shape index (κ3) is 3.78. The summed E-state index contributed by atoms with van der Waals surface area (Å²) < 4.78 is 0. The van der Waals surface area contributed by atoms with Crippen molar-refractivity contribution in [1.82, 2.24) is 5.43 Å². The van der Waals surface area contributed by atoms with Crippen LogP contribution in [0.15, 0.2) is 59.7 Å². The van der Waals surface area contributed by atoms with E-state index in [1.807, 2.05) is 30.3 Å². The molecule has 19 heavy (non-hydrogen) atoms. The van der Waals surface area contributed by atoms with E-state index in [9.17, 15) is 4.79 Å². The summed E-state index contributed by atoms with van der Waals surface area (Å²) >= 11 is 0. The van der Waals surface area contributed by atoms with E-state index in [2.05, 4.69) is 29.6 Å². The summed E-state index contributed by atoms with van der Waals surface area (Å²) in [6.45, 7) is 2.11. The predicted octanol–water partition coefficient (Wildman–Crippen LogP) is 3.01. The van der Waals surface area contributed by atoms with E-state index in [0.29, 0.717) is 5.56 Å². The molecule has 0 unspecified atom stereocenters. The molecule has 0 bridgehead atoms. The highest BCUT2D eigenvalue weighted by Crippen LogP contribution is 2.03. The largest absolute Gasteiger partial charge is 0.271 e. The molecule has 0 saturated heterocycles. The first kappa shape index (κ1) is 13.0. The number of benzene rings is 2. The van der Waals surface area contributed by atoms with Gasteiger partial charge in [0.2, 0.25) is 0 Å². The highest BCUT2D eigenvalue weighted by Gasteiger charge is 2.01. The predicted molar refractivity (Wildman–Crippen MR) is 77.3 cm³/mol. The molecule has 2 rings (SSSR count). The van der Waals surface area contributed by atoms with Crippen molar-refractivity contribution in [2.75, 3.05) is 0 Å². The van der Waals surface area contributed by atoms with Crippen LogP contribution >= 0.6 is 0 Å². The maximum absolute atomic E-state index is 11.7. The number of hydrogen-bond donors (Lipinski definition) is 1. The van der Waals surface area contributed by atoms with Crippen molar-refractivity contribution < 1.29 is 4.79 Å². The van der Waals surface area contributed by atoms with Gasteiger partial charge in [-0.15, -0.1) is 0 Å². The Morgan fingerprint density at radius 1 is 1.11 bits per heavy atom. The van der Waals surface area contributed by atoms with E-state index in [0.717, 1.165) is 12.0 Å². The van der Waals surface area contributed by atoms with Crippen molar-refractivity contribution in [2.45, 2.75) is 13.3 Å². The smallest absolute Gasteiger partial charge is 0.267 e. The molecular weight excluding hydrogens is 236 g/mol. The van der Waals surface area contributed by atoms with Crippen LogP contribution in [0.4, 0.5) is 0 Å². The molecule has 2 aromatic carbocycles. The van der Waals surface area contributed by atoms with Gasteiger partial charge in [0.05, 0.1) is 6.21 Å². The van der Waals surface area contributed by atoms with Crippen molar-refractivity contribution in [1.29, 1.82) is 0 Å². The van der Waals surface area contributed by atoms with Gasteiger partial charge >= 0.3 is 0 Å². The van der Waals surface area contributed by atoms with Gasteiger partial charge < -0.3 is 0 Å². The lowest BCUT2D eigenvalue weighted by Crippen LogP contribution is -2.17. The van der Waals surface area contributed by atoms with Gasteiger partial charge in [0, 0.05) is 5.56 Å². The van der Waals surface area contributed by atoms with E-state index in [1.165, 1.54) is 5.56 Å². The fraction of sp³-hybridized carbons (Fsp3) is 0.125. The third-order valence-electron chi connectivity index (χ3n) is 2.80. The molecule has 0 radical (unpaired) electrons. The number of aryl methyl sites for hydroxylation is 1. The summed E-state index contributed by atoms with van der Waals surface area (Å²) in [5, 5.41) is 3.95. The van der Waals surface area contributed by atoms with E-state index in [-0.39, 0.29) is 5.91 Å². The van der Waals surface area contributed by atoms with Gasteiger partial charge in [-0.05, 0) is 29.7 Å². The molecule has 0 atom stereocenters. The fourth-order valence-electron chi connectivity index (χ4n) is 1.66. The second-order valence-electron chi connectivity index (χ2n) is 4.16. The molecule has 1 N–H and O–H groups in total. The zero-order valence-corrected chi connectivity index (χ0v) is 10.8. The average molecular weight is 252 g/mol. The minimum Gasteiger partial charge on any atom is -0.267 e. The van der Waals surface area contributed by atoms with Crippen LogP contribution in [-0.2, 0) is 6.42 Å². The molecule has 0 aromatic heterocycles. The summed E-state index contributed by atoms with van der Waals surface area (Å²) in [5.74, 6) is -0.206. The average Bonchev–Trinajstić information content (AvgIpc) is 2.49. The summed E-state index contributed by atoms with van der Waals surface area (Å²) in [4.78, 5) is 11.7. The number of nitrogens with one attached hydrogen (secondary N) is 1. The molecule has 2 aromatic rings. The highest BCUT2D eigenvalue weighted by atomic mass is 16.2. The second-order valence-corrected chi connectivity index (χ2v) is 4.16. The van der Waals surface area contributed by atoms with Crippen molar-refractivity contribution >= 4 is 12.1 Å². The van der Waals surface area contributed by atoms with Gasteiger partial charge in [-0.3, -0.25) is 4.79 Å². The molecule has 0 spiro atoms. The first-order valence-corrected chi connectivity index (χ1v) is 6.27. The Kier molecular flexibility index (Phi) is 4.45. The molecule has 3 nitrogen and oxygen atoms in total. The fourth-order valence-corrected chi connectivity index (χ4v) is 1.66. The topological polar surface area (TPSA) is 41.5 Å². The van der Waals surface area contributed by atoms with Crippen LogP contribution in [0.25, 0.3) is 0 Å². The van der Waals surface area contributed by atoms with Crippen molar-refractivity contribution in [2.24, 2.45) is 5.10 Å². The first-order chi connectivity index (χ1) is 9.29. The third-order valence-corrected chi connectivity index (χ3v) is 2.80. The van der Waals surface area contributed by atoms with Crippen LogP contribution in [0.5, 0.6) is 0 Å². The quantitative estimate of drug-likeness (QED) is 0.659. The van der Waals surface area contributed by atoms with Gasteiger partial charge in [0.25, 0.3) is 5.91 Å².